The molecule has 2 nitrogen and oxygen atoms in total. The maximum Gasteiger partial charge on any atom is 0.405 e. The van der Waals surface area contributed by atoms with Crippen molar-refractivity contribution < 1.29 is 13.2 Å². The SMILES string of the molecule is CCCN(CC(F)(F)F)c1ccccc1C(CC)NCC. The molecular weight excluding hydrogens is 277 g/mol. The van der Waals surface area contributed by atoms with Gasteiger partial charge >= 0.3 is 6.18 Å². The van der Waals surface area contributed by atoms with Gasteiger partial charge < -0.3 is 10.2 Å². The molecule has 1 unspecified atom stereocenters. The third-order valence-electron chi connectivity index (χ3n) is 3.38. The molecule has 0 fully saturated rings. The van der Waals surface area contributed by atoms with Crippen LogP contribution in [-0.4, -0.2) is 25.8 Å². The predicted octanol–water partition coefficient (Wildman–Crippen LogP) is 4.53. The first kappa shape index (κ1) is 17.8. The van der Waals surface area contributed by atoms with Crippen molar-refractivity contribution >= 4 is 5.69 Å². The van der Waals surface area contributed by atoms with Crippen LogP contribution < -0.4 is 10.2 Å². The normalized spacial score (nSPS) is 13.2. The van der Waals surface area contributed by atoms with Crippen LogP contribution in [0.3, 0.4) is 0 Å². The number of anilines is 1. The Bertz CT molecular complexity index is 418. The lowest BCUT2D eigenvalue weighted by molar-refractivity contribution is -0.119. The monoisotopic (exact) mass is 302 g/mol. The van der Waals surface area contributed by atoms with Crippen molar-refractivity contribution in [2.75, 3.05) is 24.5 Å². The van der Waals surface area contributed by atoms with Crippen LogP contribution in [0.15, 0.2) is 24.3 Å². The molecule has 1 atom stereocenters. The average molecular weight is 302 g/mol. The summed E-state index contributed by atoms with van der Waals surface area (Å²) in [4.78, 5) is 1.44. The number of hydrogen-bond acceptors (Lipinski definition) is 2. The van der Waals surface area contributed by atoms with Crippen LogP contribution >= 0.6 is 0 Å². The molecular formula is C16H25F3N2. The summed E-state index contributed by atoms with van der Waals surface area (Å²) >= 11 is 0. The van der Waals surface area contributed by atoms with Crippen LogP contribution in [0.5, 0.6) is 0 Å². The Balaban J connectivity index is 3.12. The van der Waals surface area contributed by atoms with E-state index in [1.807, 2.05) is 32.9 Å². The third kappa shape index (κ3) is 5.58. The summed E-state index contributed by atoms with van der Waals surface area (Å²) in [5.74, 6) is 0. The van der Waals surface area contributed by atoms with Gasteiger partial charge in [-0.2, -0.15) is 13.2 Å². The van der Waals surface area contributed by atoms with Gasteiger partial charge in [0.05, 0.1) is 0 Å². The molecule has 0 aliphatic heterocycles. The molecule has 5 heteroatoms. The molecule has 1 rings (SSSR count). The minimum absolute atomic E-state index is 0.0822. The van der Waals surface area contributed by atoms with Gasteiger partial charge in [0.2, 0.25) is 0 Å². The van der Waals surface area contributed by atoms with E-state index in [9.17, 15) is 13.2 Å². The highest BCUT2D eigenvalue weighted by molar-refractivity contribution is 5.55. The first-order chi connectivity index (χ1) is 9.92. The minimum Gasteiger partial charge on any atom is -0.362 e. The zero-order valence-electron chi connectivity index (χ0n) is 13.0. The van der Waals surface area contributed by atoms with Crippen LogP contribution in [0.2, 0.25) is 0 Å². The van der Waals surface area contributed by atoms with Crippen molar-refractivity contribution in [3.05, 3.63) is 29.8 Å². The Morgan fingerprint density at radius 2 is 1.81 bits per heavy atom. The second kappa shape index (κ2) is 8.27. The molecule has 1 N–H and O–H groups in total. The highest BCUT2D eigenvalue weighted by Crippen LogP contribution is 2.30. The zero-order valence-corrected chi connectivity index (χ0v) is 13.0. The number of rotatable bonds is 8. The second-order valence-electron chi connectivity index (χ2n) is 5.11. The first-order valence-electron chi connectivity index (χ1n) is 7.56. The van der Waals surface area contributed by atoms with E-state index < -0.39 is 12.7 Å². The Morgan fingerprint density at radius 3 is 2.33 bits per heavy atom. The van der Waals surface area contributed by atoms with E-state index in [1.54, 1.807) is 12.1 Å². The van der Waals surface area contributed by atoms with Gasteiger partial charge in [0.25, 0.3) is 0 Å². The van der Waals surface area contributed by atoms with Crippen molar-refractivity contribution in [3.8, 4) is 0 Å². The fourth-order valence-corrected chi connectivity index (χ4v) is 2.56. The van der Waals surface area contributed by atoms with Crippen LogP contribution in [0.1, 0.15) is 45.2 Å². The molecule has 0 aliphatic rings. The summed E-state index contributed by atoms with van der Waals surface area (Å²) in [6, 6.07) is 7.48. The lowest BCUT2D eigenvalue weighted by atomic mass is 10.0. The molecule has 120 valence electrons. The summed E-state index contributed by atoms with van der Waals surface area (Å²) in [6.07, 6.45) is -2.67. The fourth-order valence-electron chi connectivity index (χ4n) is 2.56. The first-order valence-corrected chi connectivity index (χ1v) is 7.56. The van der Waals surface area contributed by atoms with Gasteiger partial charge in [-0.1, -0.05) is 39.0 Å². The number of alkyl halides is 3. The van der Waals surface area contributed by atoms with E-state index in [0.717, 1.165) is 18.5 Å². The molecule has 0 saturated heterocycles. The molecule has 0 amide bonds. The number of para-hydroxylation sites is 1. The van der Waals surface area contributed by atoms with Crippen molar-refractivity contribution in [3.63, 3.8) is 0 Å². The van der Waals surface area contributed by atoms with Crippen LogP contribution in [0, 0.1) is 0 Å². The van der Waals surface area contributed by atoms with Gasteiger partial charge in [-0.25, -0.2) is 0 Å². The number of halogens is 3. The van der Waals surface area contributed by atoms with E-state index in [2.05, 4.69) is 5.32 Å². The standard InChI is InChI=1S/C16H25F3N2/c1-4-11-21(12-16(17,18)19)15-10-8-7-9-13(15)14(5-2)20-6-3/h7-10,14,20H,4-6,11-12H2,1-3H3. The van der Waals surface area contributed by atoms with Gasteiger partial charge in [-0.15, -0.1) is 0 Å². The van der Waals surface area contributed by atoms with Gasteiger partial charge in [0.15, 0.2) is 0 Å². The molecule has 0 bridgehead atoms. The van der Waals surface area contributed by atoms with Crippen LogP contribution in [0.4, 0.5) is 18.9 Å². The summed E-state index contributed by atoms with van der Waals surface area (Å²) < 4.78 is 38.5. The van der Waals surface area contributed by atoms with Gasteiger partial charge in [0, 0.05) is 18.3 Å². The molecule has 0 heterocycles. The zero-order chi connectivity index (χ0) is 15.9. The van der Waals surface area contributed by atoms with Crippen molar-refractivity contribution in [1.29, 1.82) is 0 Å². The highest BCUT2D eigenvalue weighted by atomic mass is 19.4. The van der Waals surface area contributed by atoms with E-state index in [0.29, 0.717) is 18.7 Å². The van der Waals surface area contributed by atoms with Gasteiger partial charge in [-0.05, 0) is 31.0 Å². The smallest absolute Gasteiger partial charge is 0.362 e. The average Bonchev–Trinajstić information content (AvgIpc) is 2.43. The number of nitrogens with one attached hydrogen (secondary N) is 1. The molecule has 0 aliphatic carbocycles. The van der Waals surface area contributed by atoms with Gasteiger partial charge in [0.1, 0.15) is 6.54 Å². The van der Waals surface area contributed by atoms with Crippen molar-refractivity contribution in [2.24, 2.45) is 0 Å². The number of benzene rings is 1. The summed E-state index contributed by atoms with van der Waals surface area (Å²) in [6.45, 7) is 6.23. The maximum atomic E-state index is 12.8. The summed E-state index contributed by atoms with van der Waals surface area (Å²) in [5.41, 5.74) is 1.63. The van der Waals surface area contributed by atoms with Crippen LogP contribution in [0.25, 0.3) is 0 Å². The van der Waals surface area contributed by atoms with E-state index in [1.165, 1.54) is 4.90 Å². The molecule has 0 saturated carbocycles. The molecule has 0 spiro atoms. The Morgan fingerprint density at radius 1 is 1.14 bits per heavy atom. The van der Waals surface area contributed by atoms with Gasteiger partial charge in [-0.3, -0.25) is 0 Å². The molecule has 21 heavy (non-hydrogen) atoms. The minimum atomic E-state index is -4.19. The van der Waals surface area contributed by atoms with E-state index in [4.69, 9.17) is 0 Å². The quantitative estimate of drug-likeness (QED) is 0.759. The lowest BCUT2D eigenvalue weighted by Crippen LogP contribution is -2.36. The lowest BCUT2D eigenvalue weighted by Gasteiger charge is -2.30. The fraction of sp³-hybridized carbons (Fsp3) is 0.625. The van der Waals surface area contributed by atoms with Crippen LogP contribution in [-0.2, 0) is 0 Å². The predicted molar refractivity (Wildman–Crippen MR) is 81.7 cm³/mol. The second-order valence-corrected chi connectivity index (χ2v) is 5.11. The summed E-state index contributed by atoms with van der Waals surface area (Å²) in [5, 5.41) is 3.34. The molecule has 0 radical (unpaired) electrons. The highest BCUT2D eigenvalue weighted by Gasteiger charge is 2.31. The van der Waals surface area contributed by atoms with E-state index >= 15 is 0 Å². The summed E-state index contributed by atoms with van der Waals surface area (Å²) in [7, 11) is 0. The van der Waals surface area contributed by atoms with E-state index in [-0.39, 0.29) is 6.04 Å². The Kier molecular flexibility index (Phi) is 7.02. The molecule has 1 aromatic carbocycles. The maximum absolute atomic E-state index is 12.8. The largest absolute Gasteiger partial charge is 0.405 e. The molecule has 0 aromatic heterocycles. The Hall–Kier alpha value is -1.23. The third-order valence-corrected chi connectivity index (χ3v) is 3.38. The number of hydrogen-bond donors (Lipinski definition) is 1. The topological polar surface area (TPSA) is 15.3 Å². The number of nitrogens with zero attached hydrogens (tertiary/aromatic N) is 1. The van der Waals surface area contributed by atoms with Crippen molar-refractivity contribution in [1.82, 2.24) is 5.32 Å². The van der Waals surface area contributed by atoms with Crippen molar-refractivity contribution in [2.45, 2.75) is 45.8 Å². The molecule has 1 aromatic rings. The Labute approximate surface area is 125 Å².